The lowest BCUT2D eigenvalue weighted by molar-refractivity contribution is 0.0547. The summed E-state index contributed by atoms with van der Waals surface area (Å²) in [7, 11) is 1.91. The molecule has 0 radical (unpaired) electrons. The van der Waals surface area contributed by atoms with Gasteiger partial charge in [0.2, 0.25) is 0 Å². The van der Waals surface area contributed by atoms with E-state index >= 15 is 0 Å². The van der Waals surface area contributed by atoms with Crippen LogP contribution >= 0.6 is 0 Å². The highest BCUT2D eigenvalue weighted by Gasteiger charge is 2.32. The lowest BCUT2D eigenvalue weighted by Crippen LogP contribution is -2.27. The van der Waals surface area contributed by atoms with Crippen LogP contribution in [-0.2, 0) is 17.4 Å². The molecule has 5 aromatic rings. The van der Waals surface area contributed by atoms with Crippen LogP contribution in [0.5, 0.6) is 0 Å². The van der Waals surface area contributed by atoms with Crippen LogP contribution in [0.2, 0.25) is 0 Å². The van der Waals surface area contributed by atoms with Gasteiger partial charge in [-0.05, 0) is 76.3 Å². The van der Waals surface area contributed by atoms with E-state index in [0.717, 1.165) is 81.9 Å². The third-order valence-electron chi connectivity index (χ3n) is 7.82. The Kier molecular flexibility index (Phi) is 6.04. The second-order valence-electron chi connectivity index (χ2n) is 11.0. The van der Waals surface area contributed by atoms with E-state index in [9.17, 15) is 5.11 Å². The lowest BCUT2D eigenvalue weighted by atomic mass is 9.88. The summed E-state index contributed by atoms with van der Waals surface area (Å²) in [5, 5.41) is 20.5. The van der Waals surface area contributed by atoms with Crippen molar-refractivity contribution in [2.75, 3.05) is 13.2 Å². The second-order valence-corrected chi connectivity index (χ2v) is 11.0. The molecular weight excluding hydrogens is 476 g/mol. The number of ether oxygens (including phenoxy) is 1. The first-order chi connectivity index (χ1) is 18.2. The van der Waals surface area contributed by atoms with Crippen molar-refractivity contribution < 1.29 is 9.84 Å². The van der Waals surface area contributed by atoms with Gasteiger partial charge in [0, 0.05) is 43.1 Å². The molecule has 8 heteroatoms. The fourth-order valence-electron chi connectivity index (χ4n) is 5.92. The maximum Gasteiger partial charge on any atom is 0.0960 e. The molecule has 5 heterocycles. The Bertz CT molecular complexity index is 1620. The van der Waals surface area contributed by atoms with Gasteiger partial charge < -0.3 is 14.4 Å². The third kappa shape index (κ3) is 4.18. The van der Waals surface area contributed by atoms with Gasteiger partial charge in [0.25, 0.3) is 0 Å². The molecule has 1 unspecified atom stereocenters. The molecule has 196 valence electrons. The van der Waals surface area contributed by atoms with E-state index in [0.29, 0.717) is 5.92 Å². The van der Waals surface area contributed by atoms with E-state index < -0.39 is 5.60 Å². The first kappa shape index (κ1) is 24.7. The van der Waals surface area contributed by atoms with Crippen LogP contribution in [0.1, 0.15) is 55.4 Å². The Morgan fingerprint density at radius 3 is 2.53 bits per heavy atom. The van der Waals surface area contributed by atoms with Crippen molar-refractivity contribution in [1.82, 2.24) is 29.5 Å². The zero-order chi connectivity index (χ0) is 26.6. The Morgan fingerprint density at radius 2 is 1.84 bits per heavy atom. The van der Waals surface area contributed by atoms with E-state index in [1.807, 2.05) is 53.1 Å². The van der Waals surface area contributed by atoms with E-state index in [2.05, 4.69) is 45.2 Å². The monoisotopic (exact) mass is 510 g/mol. The minimum Gasteiger partial charge on any atom is -0.386 e. The molecule has 1 aliphatic heterocycles. The number of fused-ring (bicyclic) bond motifs is 3. The highest BCUT2D eigenvalue weighted by molar-refractivity contribution is 6.07. The fourth-order valence-corrected chi connectivity index (χ4v) is 5.92. The van der Waals surface area contributed by atoms with E-state index in [4.69, 9.17) is 14.7 Å². The topological polar surface area (TPSA) is 90.9 Å². The number of benzene rings is 1. The molecule has 0 spiro atoms. The van der Waals surface area contributed by atoms with Crippen LogP contribution in [0.3, 0.4) is 0 Å². The van der Waals surface area contributed by atoms with E-state index in [1.165, 1.54) is 0 Å². The van der Waals surface area contributed by atoms with Crippen LogP contribution in [0, 0.1) is 19.8 Å². The second kappa shape index (κ2) is 9.29. The molecule has 1 N–H and O–H groups in total. The Labute approximate surface area is 222 Å². The average Bonchev–Trinajstić information content (AvgIpc) is 3.40. The standard InChI is InChI=1S/C30H34N6O2/c1-18-7-6-8-24(32-18)29(20-11-13-38-14-12-20)36-25-16-22(30(3,4)37)9-10-23(25)27-26(36)15-21(17-31-27)28-19(2)33-34-35(28)5/h6-10,15-17,20,29,37H,11-14H2,1-5H3. The molecule has 1 fully saturated rings. The van der Waals surface area contributed by atoms with Crippen molar-refractivity contribution in [3.05, 3.63) is 71.3 Å². The van der Waals surface area contributed by atoms with Gasteiger partial charge in [0.15, 0.2) is 0 Å². The molecule has 6 rings (SSSR count). The predicted octanol–water partition coefficient (Wildman–Crippen LogP) is 5.24. The SMILES string of the molecule is Cc1cccc(C(C2CCOCC2)n2c3cc(C(C)(C)O)ccc3c3ncc(-c4c(C)nnn4C)cc32)n1. The Hall–Kier alpha value is -3.62. The minimum atomic E-state index is -0.971. The highest BCUT2D eigenvalue weighted by atomic mass is 16.5. The molecule has 0 bridgehead atoms. The number of hydrogen-bond acceptors (Lipinski definition) is 6. The van der Waals surface area contributed by atoms with Crippen LogP contribution in [0.4, 0.5) is 0 Å². The largest absolute Gasteiger partial charge is 0.386 e. The van der Waals surface area contributed by atoms with Crippen LogP contribution in [0.15, 0.2) is 48.7 Å². The smallest absolute Gasteiger partial charge is 0.0960 e. The van der Waals surface area contributed by atoms with E-state index in [1.54, 1.807) is 4.68 Å². The summed E-state index contributed by atoms with van der Waals surface area (Å²) in [5.41, 5.74) is 7.72. The van der Waals surface area contributed by atoms with Crippen LogP contribution in [0.25, 0.3) is 33.2 Å². The molecule has 1 atom stereocenters. The Morgan fingerprint density at radius 1 is 1.05 bits per heavy atom. The summed E-state index contributed by atoms with van der Waals surface area (Å²) in [6.07, 6.45) is 3.81. The number of aryl methyl sites for hydroxylation is 3. The van der Waals surface area contributed by atoms with Gasteiger partial charge in [-0.1, -0.05) is 23.4 Å². The van der Waals surface area contributed by atoms with Crippen molar-refractivity contribution in [2.24, 2.45) is 13.0 Å². The van der Waals surface area contributed by atoms with Crippen molar-refractivity contribution in [1.29, 1.82) is 0 Å². The summed E-state index contributed by atoms with van der Waals surface area (Å²) in [6, 6.07) is 14.7. The third-order valence-corrected chi connectivity index (χ3v) is 7.82. The van der Waals surface area contributed by atoms with Gasteiger partial charge in [0.1, 0.15) is 0 Å². The molecule has 38 heavy (non-hydrogen) atoms. The molecule has 1 saturated heterocycles. The molecule has 4 aromatic heterocycles. The van der Waals surface area contributed by atoms with Crippen molar-refractivity contribution in [2.45, 2.75) is 52.2 Å². The van der Waals surface area contributed by atoms with Gasteiger partial charge in [-0.15, -0.1) is 5.10 Å². The zero-order valence-electron chi connectivity index (χ0n) is 22.6. The van der Waals surface area contributed by atoms with Crippen LogP contribution < -0.4 is 0 Å². The molecule has 0 amide bonds. The summed E-state index contributed by atoms with van der Waals surface area (Å²) in [4.78, 5) is 10.0. The minimum absolute atomic E-state index is 0.0151. The molecule has 1 aliphatic rings. The summed E-state index contributed by atoms with van der Waals surface area (Å²) < 4.78 is 9.98. The zero-order valence-corrected chi connectivity index (χ0v) is 22.6. The highest BCUT2D eigenvalue weighted by Crippen LogP contribution is 2.41. The van der Waals surface area contributed by atoms with Gasteiger partial charge in [0.05, 0.1) is 45.3 Å². The van der Waals surface area contributed by atoms with Gasteiger partial charge in [-0.2, -0.15) is 0 Å². The van der Waals surface area contributed by atoms with E-state index in [-0.39, 0.29) is 6.04 Å². The quantitative estimate of drug-likeness (QED) is 0.348. The maximum atomic E-state index is 10.9. The fraction of sp³-hybridized carbons (Fsp3) is 0.400. The molecule has 1 aromatic carbocycles. The number of aromatic nitrogens is 6. The molecule has 8 nitrogen and oxygen atoms in total. The summed E-state index contributed by atoms with van der Waals surface area (Å²) in [6.45, 7) is 9.15. The number of hydrogen-bond donors (Lipinski definition) is 1. The van der Waals surface area contributed by atoms with Gasteiger partial charge in [-0.25, -0.2) is 4.68 Å². The number of nitrogens with zero attached hydrogens (tertiary/aromatic N) is 6. The number of rotatable bonds is 5. The first-order valence-electron chi connectivity index (χ1n) is 13.3. The lowest BCUT2D eigenvalue weighted by Gasteiger charge is -2.32. The van der Waals surface area contributed by atoms with Crippen molar-refractivity contribution in [3.63, 3.8) is 0 Å². The van der Waals surface area contributed by atoms with Crippen LogP contribution in [-0.4, -0.2) is 47.8 Å². The molecule has 0 saturated carbocycles. The summed E-state index contributed by atoms with van der Waals surface area (Å²) >= 11 is 0. The Balaban J connectivity index is 1.70. The number of pyridine rings is 2. The molecule has 0 aliphatic carbocycles. The van der Waals surface area contributed by atoms with Crippen molar-refractivity contribution >= 4 is 21.9 Å². The predicted molar refractivity (Wildman–Crippen MR) is 148 cm³/mol. The number of aliphatic hydroxyl groups is 1. The molecular formula is C30H34N6O2. The first-order valence-corrected chi connectivity index (χ1v) is 13.3. The van der Waals surface area contributed by atoms with Crippen molar-refractivity contribution in [3.8, 4) is 11.3 Å². The summed E-state index contributed by atoms with van der Waals surface area (Å²) in [5.74, 6) is 0.339. The average molecular weight is 511 g/mol. The maximum absolute atomic E-state index is 10.9. The van der Waals surface area contributed by atoms with Gasteiger partial charge >= 0.3 is 0 Å². The normalized spacial score (nSPS) is 15.9. The van der Waals surface area contributed by atoms with Gasteiger partial charge in [-0.3, -0.25) is 9.97 Å².